The van der Waals surface area contributed by atoms with Crippen LogP contribution in [0.3, 0.4) is 0 Å². The highest BCUT2D eigenvalue weighted by Gasteiger charge is 2.25. The predicted octanol–water partition coefficient (Wildman–Crippen LogP) is -0.124. The van der Waals surface area contributed by atoms with Gasteiger partial charge < -0.3 is 19.8 Å². The lowest BCUT2D eigenvalue weighted by Crippen LogP contribution is -2.37. The molecule has 0 aliphatic carbocycles. The van der Waals surface area contributed by atoms with Crippen LogP contribution in [0.2, 0.25) is 0 Å². The number of anilines is 2. The summed E-state index contributed by atoms with van der Waals surface area (Å²) in [6, 6.07) is 0. The van der Waals surface area contributed by atoms with Crippen LogP contribution >= 0.6 is 0 Å². The van der Waals surface area contributed by atoms with E-state index in [-0.39, 0.29) is 12.5 Å². The molecule has 1 N–H and O–H groups in total. The second kappa shape index (κ2) is 6.26. The Balaban J connectivity index is 2.44. The summed E-state index contributed by atoms with van der Waals surface area (Å²) in [5.74, 6) is 1.54. The third-order valence-electron chi connectivity index (χ3n) is 3.67. The lowest BCUT2D eigenvalue weighted by molar-refractivity contribution is -0.129. The van der Waals surface area contributed by atoms with Crippen molar-refractivity contribution in [1.29, 1.82) is 0 Å². The predicted molar refractivity (Wildman–Crippen MR) is 81.5 cm³/mol. The number of aliphatic hydroxyl groups is 1. The summed E-state index contributed by atoms with van der Waals surface area (Å²) in [7, 11) is 5.70. The molecule has 0 bridgehead atoms. The van der Waals surface area contributed by atoms with Crippen molar-refractivity contribution in [3.05, 3.63) is 11.3 Å². The van der Waals surface area contributed by atoms with Gasteiger partial charge in [-0.05, 0) is 6.42 Å². The highest BCUT2D eigenvalue weighted by molar-refractivity contribution is 5.73. The molecule has 116 valence electrons. The van der Waals surface area contributed by atoms with E-state index in [1.54, 1.807) is 11.8 Å². The van der Waals surface area contributed by atoms with E-state index >= 15 is 0 Å². The van der Waals surface area contributed by atoms with Gasteiger partial charge in [0, 0.05) is 46.7 Å². The maximum Gasteiger partial charge on any atom is 0.227 e. The van der Waals surface area contributed by atoms with Crippen LogP contribution in [-0.4, -0.2) is 66.7 Å². The molecule has 0 aromatic carbocycles. The number of aliphatic hydroxyl groups excluding tert-OH is 1. The van der Waals surface area contributed by atoms with E-state index in [9.17, 15) is 4.79 Å². The van der Waals surface area contributed by atoms with Gasteiger partial charge in [-0.25, -0.2) is 4.98 Å². The zero-order valence-corrected chi connectivity index (χ0v) is 13.1. The van der Waals surface area contributed by atoms with Crippen LogP contribution in [0.15, 0.2) is 0 Å². The van der Waals surface area contributed by atoms with Crippen LogP contribution in [0.5, 0.6) is 0 Å². The van der Waals surface area contributed by atoms with Crippen LogP contribution in [-0.2, 0) is 17.8 Å². The minimum atomic E-state index is 0.0657. The maximum absolute atomic E-state index is 11.6. The Morgan fingerprint density at radius 3 is 2.62 bits per heavy atom. The Morgan fingerprint density at radius 2 is 2.05 bits per heavy atom. The van der Waals surface area contributed by atoms with E-state index in [2.05, 4.69) is 9.97 Å². The van der Waals surface area contributed by atoms with Crippen molar-refractivity contribution < 1.29 is 9.90 Å². The summed E-state index contributed by atoms with van der Waals surface area (Å²) in [5.41, 5.74) is 1.98. The molecule has 0 fully saturated rings. The molecule has 0 atom stereocenters. The van der Waals surface area contributed by atoms with Crippen LogP contribution < -0.4 is 9.80 Å². The van der Waals surface area contributed by atoms with Gasteiger partial charge in [-0.2, -0.15) is 4.98 Å². The number of nitrogens with zero attached hydrogens (tertiary/aromatic N) is 5. The summed E-state index contributed by atoms with van der Waals surface area (Å²) in [6.07, 6.45) is 0.744. The molecule has 0 unspecified atom stereocenters. The Labute approximate surface area is 125 Å². The van der Waals surface area contributed by atoms with Crippen LogP contribution in [0, 0.1) is 0 Å². The second-order valence-electron chi connectivity index (χ2n) is 5.50. The summed E-state index contributed by atoms with van der Waals surface area (Å²) >= 11 is 0. The fourth-order valence-electron chi connectivity index (χ4n) is 2.44. The van der Waals surface area contributed by atoms with Gasteiger partial charge in [-0.15, -0.1) is 0 Å². The average Bonchev–Trinajstić information content (AvgIpc) is 2.45. The molecule has 2 heterocycles. The van der Waals surface area contributed by atoms with Crippen LogP contribution in [0.25, 0.3) is 0 Å². The standard InChI is InChI=1S/C14H23N5O2/c1-10(21)19-6-5-11-12(9-19)15-14(17(2)3)16-13(11)18(4)7-8-20/h20H,5-9H2,1-4H3. The number of fused-ring (bicyclic) bond motifs is 1. The SMILES string of the molecule is CC(=O)N1CCc2c(nc(N(C)C)nc2N(C)CCO)C1. The molecule has 0 saturated carbocycles. The number of aromatic nitrogens is 2. The monoisotopic (exact) mass is 293 g/mol. The maximum atomic E-state index is 11.6. The molecule has 1 aliphatic rings. The molecule has 21 heavy (non-hydrogen) atoms. The molecule has 0 radical (unpaired) electrons. The molecule has 0 saturated heterocycles. The number of rotatable bonds is 4. The molecule has 1 aromatic rings. The first-order valence-corrected chi connectivity index (χ1v) is 7.08. The lowest BCUT2D eigenvalue weighted by atomic mass is 10.0. The zero-order valence-electron chi connectivity index (χ0n) is 13.1. The molecular weight excluding hydrogens is 270 g/mol. The fourth-order valence-corrected chi connectivity index (χ4v) is 2.44. The third kappa shape index (κ3) is 3.24. The van der Waals surface area contributed by atoms with Crippen molar-refractivity contribution >= 4 is 17.7 Å². The van der Waals surface area contributed by atoms with Crippen molar-refractivity contribution in [3.8, 4) is 0 Å². The van der Waals surface area contributed by atoms with Gasteiger partial charge in [0.15, 0.2) is 0 Å². The summed E-state index contributed by atoms with van der Waals surface area (Å²) in [4.78, 5) is 26.3. The van der Waals surface area contributed by atoms with Gasteiger partial charge in [0.1, 0.15) is 5.82 Å². The number of carbonyl (C=O) groups is 1. The van der Waals surface area contributed by atoms with Crippen molar-refractivity contribution in [2.75, 3.05) is 50.6 Å². The number of carbonyl (C=O) groups excluding carboxylic acids is 1. The molecule has 1 amide bonds. The summed E-state index contributed by atoms with van der Waals surface area (Å²) in [6.45, 7) is 3.39. The molecular formula is C14H23N5O2. The Hall–Kier alpha value is -1.89. The minimum absolute atomic E-state index is 0.0657. The molecule has 0 spiro atoms. The topological polar surface area (TPSA) is 72.8 Å². The van der Waals surface area contributed by atoms with Crippen molar-refractivity contribution in [3.63, 3.8) is 0 Å². The lowest BCUT2D eigenvalue weighted by Gasteiger charge is -2.31. The average molecular weight is 293 g/mol. The molecule has 7 heteroatoms. The summed E-state index contributed by atoms with van der Waals surface area (Å²) in [5, 5.41) is 9.15. The van der Waals surface area contributed by atoms with Gasteiger partial charge in [-0.3, -0.25) is 4.79 Å². The van der Waals surface area contributed by atoms with E-state index in [0.717, 1.165) is 23.5 Å². The highest BCUT2D eigenvalue weighted by Crippen LogP contribution is 2.27. The van der Waals surface area contributed by atoms with Crippen LogP contribution in [0.4, 0.5) is 11.8 Å². The quantitative estimate of drug-likeness (QED) is 0.834. The molecule has 1 aliphatic heterocycles. The van der Waals surface area contributed by atoms with Crippen molar-refractivity contribution in [2.24, 2.45) is 0 Å². The van der Waals surface area contributed by atoms with E-state index in [4.69, 9.17) is 5.11 Å². The normalized spacial score (nSPS) is 13.9. The van der Waals surface area contributed by atoms with Gasteiger partial charge in [0.05, 0.1) is 18.8 Å². The highest BCUT2D eigenvalue weighted by atomic mass is 16.3. The first-order valence-electron chi connectivity index (χ1n) is 7.08. The number of likely N-dealkylation sites (N-methyl/N-ethyl adjacent to an activating group) is 1. The zero-order chi connectivity index (χ0) is 15.6. The molecule has 7 nitrogen and oxygen atoms in total. The Kier molecular flexibility index (Phi) is 4.62. The molecule has 1 aromatic heterocycles. The van der Waals surface area contributed by atoms with E-state index in [1.807, 2.05) is 30.9 Å². The minimum Gasteiger partial charge on any atom is -0.395 e. The van der Waals surface area contributed by atoms with Crippen LogP contribution in [0.1, 0.15) is 18.2 Å². The van der Waals surface area contributed by atoms with E-state index in [1.165, 1.54) is 0 Å². The molecule has 2 rings (SSSR count). The number of hydrogen-bond acceptors (Lipinski definition) is 6. The first-order chi connectivity index (χ1) is 9.93. The van der Waals surface area contributed by atoms with Crippen molar-refractivity contribution in [2.45, 2.75) is 19.9 Å². The van der Waals surface area contributed by atoms with Gasteiger partial charge in [0.2, 0.25) is 11.9 Å². The number of hydrogen-bond donors (Lipinski definition) is 1. The van der Waals surface area contributed by atoms with Gasteiger partial charge in [0.25, 0.3) is 0 Å². The smallest absolute Gasteiger partial charge is 0.227 e. The fraction of sp³-hybridized carbons (Fsp3) is 0.643. The van der Waals surface area contributed by atoms with Gasteiger partial charge >= 0.3 is 0 Å². The van der Waals surface area contributed by atoms with Crippen molar-refractivity contribution in [1.82, 2.24) is 14.9 Å². The van der Waals surface area contributed by atoms with E-state index < -0.39 is 0 Å². The number of amides is 1. The first kappa shape index (κ1) is 15.5. The third-order valence-corrected chi connectivity index (χ3v) is 3.67. The Morgan fingerprint density at radius 1 is 1.33 bits per heavy atom. The van der Waals surface area contributed by atoms with Gasteiger partial charge in [-0.1, -0.05) is 0 Å². The largest absolute Gasteiger partial charge is 0.395 e. The van der Waals surface area contributed by atoms with E-state index in [0.29, 0.717) is 25.6 Å². The Bertz CT molecular complexity index is 532. The second-order valence-corrected chi connectivity index (χ2v) is 5.50. The summed E-state index contributed by atoms with van der Waals surface area (Å²) < 4.78 is 0.